The highest BCUT2D eigenvalue weighted by Gasteiger charge is 2.13. The molecule has 1 aromatic heterocycles. The molecule has 5 heteroatoms. The maximum Gasteiger partial charge on any atom is 0.356 e. The predicted octanol–water partition coefficient (Wildman–Crippen LogP) is 2.44. The summed E-state index contributed by atoms with van der Waals surface area (Å²) in [5, 5.41) is 16.5. The van der Waals surface area contributed by atoms with Crippen molar-refractivity contribution in [3.8, 4) is 0 Å². The third-order valence-electron chi connectivity index (χ3n) is 3.21. The summed E-state index contributed by atoms with van der Waals surface area (Å²) in [6.45, 7) is 8.21. The number of carboxylic acid groups (broad SMARTS) is 1. The van der Waals surface area contributed by atoms with Gasteiger partial charge in [-0.2, -0.15) is 0 Å². The van der Waals surface area contributed by atoms with Crippen molar-refractivity contribution in [2.75, 3.05) is 18.0 Å². The van der Waals surface area contributed by atoms with Gasteiger partial charge in [0.2, 0.25) is 0 Å². The second-order valence-corrected chi connectivity index (χ2v) is 4.30. The third kappa shape index (κ3) is 3.68. The first kappa shape index (κ1) is 14.4. The summed E-state index contributed by atoms with van der Waals surface area (Å²) in [4.78, 5) is 12.8. The molecule has 0 saturated heterocycles. The van der Waals surface area contributed by atoms with Gasteiger partial charge in [0, 0.05) is 13.1 Å². The Morgan fingerprint density at radius 2 is 1.94 bits per heavy atom. The van der Waals surface area contributed by atoms with Crippen LogP contribution in [0.1, 0.15) is 44.1 Å². The van der Waals surface area contributed by atoms with Crippen LogP contribution in [0.2, 0.25) is 0 Å². The molecule has 0 radical (unpaired) electrons. The number of hydrogen-bond acceptors (Lipinski definition) is 4. The van der Waals surface area contributed by atoms with E-state index in [0.717, 1.165) is 31.7 Å². The number of nitrogens with zero attached hydrogens (tertiary/aromatic N) is 3. The van der Waals surface area contributed by atoms with Crippen molar-refractivity contribution < 1.29 is 9.90 Å². The van der Waals surface area contributed by atoms with E-state index in [9.17, 15) is 4.79 Å². The Bertz CT molecular complexity index is 374. The van der Waals surface area contributed by atoms with Crippen molar-refractivity contribution in [3.63, 3.8) is 0 Å². The maximum absolute atomic E-state index is 10.7. The Labute approximate surface area is 108 Å². The van der Waals surface area contributed by atoms with Crippen LogP contribution in [-0.2, 0) is 0 Å². The summed E-state index contributed by atoms with van der Waals surface area (Å²) in [6.07, 6.45) is 2.27. The van der Waals surface area contributed by atoms with Gasteiger partial charge in [-0.15, -0.1) is 10.2 Å². The Morgan fingerprint density at radius 3 is 2.33 bits per heavy atom. The molecule has 0 bridgehead atoms. The maximum atomic E-state index is 10.7. The smallest absolute Gasteiger partial charge is 0.356 e. The first-order valence-corrected chi connectivity index (χ1v) is 6.44. The molecule has 0 fully saturated rings. The van der Waals surface area contributed by atoms with Gasteiger partial charge in [0.1, 0.15) is 0 Å². The van der Waals surface area contributed by atoms with Crippen LogP contribution in [0.3, 0.4) is 0 Å². The van der Waals surface area contributed by atoms with Gasteiger partial charge in [-0.3, -0.25) is 0 Å². The van der Waals surface area contributed by atoms with E-state index >= 15 is 0 Å². The normalized spacial score (nSPS) is 10.7. The number of rotatable bonds is 7. The van der Waals surface area contributed by atoms with Crippen molar-refractivity contribution in [1.29, 1.82) is 0 Å². The van der Waals surface area contributed by atoms with Crippen molar-refractivity contribution >= 4 is 11.8 Å². The van der Waals surface area contributed by atoms with E-state index in [4.69, 9.17) is 5.11 Å². The van der Waals surface area contributed by atoms with Gasteiger partial charge in [-0.05, 0) is 25.0 Å². The lowest BCUT2D eigenvalue weighted by Crippen LogP contribution is -2.30. The number of carbonyl (C=O) groups is 1. The van der Waals surface area contributed by atoms with Gasteiger partial charge in [0.05, 0.1) is 0 Å². The zero-order valence-corrected chi connectivity index (χ0v) is 11.3. The Hall–Kier alpha value is -1.65. The fraction of sp³-hybridized carbons (Fsp3) is 0.615. The number of aromatic carboxylic acids is 1. The van der Waals surface area contributed by atoms with E-state index in [0.29, 0.717) is 5.92 Å². The van der Waals surface area contributed by atoms with Gasteiger partial charge in [-0.25, -0.2) is 4.79 Å². The molecular formula is C13H21N3O2. The second kappa shape index (κ2) is 6.93. The van der Waals surface area contributed by atoms with Crippen LogP contribution >= 0.6 is 0 Å². The van der Waals surface area contributed by atoms with E-state index < -0.39 is 5.97 Å². The van der Waals surface area contributed by atoms with Crippen molar-refractivity contribution in [2.24, 2.45) is 5.92 Å². The molecule has 0 aromatic carbocycles. The van der Waals surface area contributed by atoms with Crippen LogP contribution in [0.5, 0.6) is 0 Å². The number of aromatic nitrogens is 2. The molecule has 0 aliphatic heterocycles. The van der Waals surface area contributed by atoms with Gasteiger partial charge in [0.15, 0.2) is 11.5 Å². The van der Waals surface area contributed by atoms with Crippen LogP contribution in [0.4, 0.5) is 5.82 Å². The minimum absolute atomic E-state index is 0.0164. The van der Waals surface area contributed by atoms with Crippen LogP contribution in [0.25, 0.3) is 0 Å². The standard InChI is InChI=1S/C13H21N3O2/c1-4-10(5-2)9-16(6-3)12-8-7-11(13(17)18)14-15-12/h7-8,10H,4-6,9H2,1-3H3,(H,17,18). The minimum atomic E-state index is -1.04. The summed E-state index contributed by atoms with van der Waals surface area (Å²) >= 11 is 0. The Kier molecular flexibility index (Phi) is 5.55. The molecule has 1 heterocycles. The monoisotopic (exact) mass is 251 g/mol. The molecule has 0 aliphatic carbocycles. The molecule has 0 aliphatic rings. The van der Waals surface area contributed by atoms with Crippen LogP contribution < -0.4 is 4.90 Å². The molecule has 100 valence electrons. The van der Waals surface area contributed by atoms with Gasteiger partial charge >= 0.3 is 5.97 Å². The Balaban J connectivity index is 2.78. The molecular weight excluding hydrogens is 230 g/mol. The fourth-order valence-electron chi connectivity index (χ4n) is 1.85. The second-order valence-electron chi connectivity index (χ2n) is 4.30. The zero-order valence-electron chi connectivity index (χ0n) is 11.3. The van der Waals surface area contributed by atoms with Crippen LogP contribution in [-0.4, -0.2) is 34.4 Å². The lowest BCUT2D eigenvalue weighted by Gasteiger charge is -2.25. The average Bonchev–Trinajstić information content (AvgIpc) is 2.40. The average molecular weight is 251 g/mol. The first-order valence-electron chi connectivity index (χ1n) is 6.44. The van der Waals surface area contributed by atoms with Crippen molar-refractivity contribution in [3.05, 3.63) is 17.8 Å². The van der Waals surface area contributed by atoms with E-state index in [2.05, 4.69) is 35.9 Å². The molecule has 0 spiro atoms. The molecule has 5 nitrogen and oxygen atoms in total. The summed E-state index contributed by atoms with van der Waals surface area (Å²) in [6, 6.07) is 3.22. The van der Waals surface area contributed by atoms with E-state index in [1.54, 1.807) is 6.07 Å². The lowest BCUT2D eigenvalue weighted by atomic mass is 10.0. The lowest BCUT2D eigenvalue weighted by molar-refractivity contribution is 0.0689. The van der Waals surface area contributed by atoms with E-state index in [1.165, 1.54) is 6.07 Å². The molecule has 0 amide bonds. The zero-order chi connectivity index (χ0) is 13.5. The van der Waals surface area contributed by atoms with Crippen molar-refractivity contribution in [1.82, 2.24) is 10.2 Å². The summed E-state index contributed by atoms with van der Waals surface area (Å²) in [5.41, 5.74) is -0.0164. The van der Waals surface area contributed by atoms with Crippen molar-refractivity contribution in [2.45, 2.75) is 33.6 Å². The molecule has 0 unspecified atom stereocenters. The summed E-state index contributed by atoms with van der Waals surface area (Å²) in [5.74, 6) is 0.331. The quantitative estimate of drug-likeness (QED) is 0.806. The topological polar surface area (TPSA) is 66.3 Å². The molecule has 1 aromatic rings. The Morgan fingerprint density at radius 1 is 1.28 bits per heavy atom. The highest BCUT2D eigenvalue weighted by molar-refractivity contribution is 5.85. The number of anilines is 1. The number of hydrogen-bond donors (Lipinski definition) is 1. The summed E-state index contributed by atoms with van der Waals surface area (Å²) in [7, 11) is 0. The molecule has 0 saturated carbocycles. The highest BCUT2D eigenvalue weighted by Crippen LogP contribution is 2.15. The SMILES string of the molecule is CCC(CC)CN(CC)c1ccc(C(=O)O)nn1. The van der Waals surface area contributed by atoms with E-state index in [-0.39, 0.29) is 5.69 Å². The van der Waals surface area contributed by atoms with Gasteiger partial charge < -0.3 is 10.0 Å². The minimum Gasteiger partial charge on any atom is -0.476 e. The largest absolute Gasteiger partial charge is 0.476 e. The highest BCUT2D eigenvalue weighted by atomic mass is 16.4. The molecule has 1 rings (SSSR count). The number of carboxylic acids is 1. The predicted molar refractivity (Wildman–Crippen MR) is 71.0 cm³/mol. The molecule has 0 atom stereocenters. The van der Waals surface area contributed by atoms with Gasteiger partial charge in [-0.1, -0.05) is 26.7 Å². The van der Waals surface area contributed by atoms with Gasteiger partial charge in [0.25, 0.3) is 0 Å². The van der Waals surface area contributed by atoms with Crippen LogP contribution in [0.15, 0.2) is 12.1 Å². The molecule has 18 heavy (non-hydrogen) atoms. The van der Waals surface area contributed by atoms with E-state index in [1.807, 2.05) is 0 Å². The summed E-state index contributed by atoms with van der Waals surface area (Å²) < 4.78 is 0. The first-order chi connectivity index (χ1) is 8.62. The fourth-order valence-corrected chi connectivity index (χ4v) is 1.85. The molecule has 1 N–H and O–H groups in total. The third-order valence-corrected chi connectivity index (χ3v) is 3.21. The van der Waals surface area contributed by atoms with Crippen LogP contribution in [0, 0.1) is 5.92 Å².